The third-order valence-corrected chi connectivity index (χ3v) is 5.50. The molecule has 2 unspecified atom stereocenters. The number of carbonyl (C=O) groups is 3. The lowest BCUT2D eigenvalue weighted by molar-refractivity contribution is -0.141. The molecule has 0 aromatic heterocycles. The highest BCUT2D eigenvalue weighted by atomic mass is 16.6. The van der Waals surface area contributed by atoms with Crippen LogP contribution in [0.5, 0.6) is 5.75 Å². The summed E-state index contributed by atoms with van der Waals surface area (Å²) in [6.07, 6.45) is -0.587. The van der Waals surface area contributed by atoms with E-state index >= 15 is 0 Å². The van der Waals surface area contributed by atoms with Crippen molar-refractivity contribution in [2.24, 2.45) is 0 Å². The fourth-order valence-electron chi connectivity index (χ4n) is 3.91. The van der Waals surface area contributed by atoms with Crippen molar-refractivity contribution < 1.29 is 24.2 Å². The van der Waals surface area contributed by atoms with Gasteiger partial charge in [0.05, 0.1) is 0 Å². The second-order valence-electron chi connectivity index (χ2n) is 10.4. The van der Waals surface area contributed by atoms with E-state index < -0.39 is 29.7 Å². The highest BCUT2D eigenvalue weighted by Crippen LogP contribution is 2.26. The Morgan fingerprint density at radius 3 is 2.14 bits per heavy atom. The largest absolute Gasteiger partial charge is 0.508 e. The smallest absolute Gasteiger partial charge is 0.408 e. The SMILES string of the molecule is Cc1ccc(C(C(=O)NC(C)C)N(C)C(=O)C(Cc2ccc(O)cc2)NC(=O)OC(C)(C)C)c(C)c1. The average molecular weight is 498 g/mol. The number of phenolic OH excluding ortho intramolecular Hbond substituents is 1. The molecule has 2 rings (SSSR count). The number of carbonyl (C=O) groups excluding carboxylic acids is 3. The van der Waals surface area contributed by atoms with Crippen molar-refractivity contribution in [2.75, 3.05) is 7.05 Å². The summed E-state index contributed by atoms with van der Waals surface area (Å²) < 4.78 is 5.39. The Bertz CT molecular complexity index is 1070. The van der Waals surface area contributed by atoms with E-state index in [0.29, 0.717) is 5.56 Å². The number of nitrogens with one attached hydrogen (secondary N) is 2. The standard InChI is InChI=1S/C28H39N3O5/c1-17(2)29-25(33)24(22-14-9-18(3)15-19(22)4)31(8)26(34)23(30-27(35)36-28(5,6)7)16-20-10-12-21(32)13-11-20/h9-15,17,23-24,32H,16H2,1-8H3,(H,29,33)(H,30,35). The van der Waals surface area contributed by atoms with E-state index in [1.54, 1.807) is 40.0 Å². The summed E-state index contributed by atoms with van der Waals surface area (Å²) in [5.41, 5.74) is 2.61. The number of likely N-dealkylation sites (N-methyl/N-ethyl adjacent to an activating group) is 1. The number of hydrogen-bond acceptors (Lipinski definition) is 5. The van der Waals surface area contributed by atoms with Crippen molar-refractivity contribution in [3.05, 3.63) is 64.7 Å². The molecule has 8 heteroatoms. The number of rotatable bonds is 8. The molecular weight excluding hydrogens is 458 g/mol. The van der Waals surface area contributed by atoms with E-state index in [0.717, 1.165) is 16.7 Å². The van der Waals surface area contributed by atoms with Crippen LogP contribution in [0, 0.1) is 13.8 Å². The third kappa shape index (κ3) is 8.29. The molecule has 3 amide bonds. The van der Waals surface area contributed by atoms with Crippen LogP contribution in [-0.4, -0.2) is 52.6 Å². The minimum absolute atomic E-state index is 0.0964. The maximum atomic E-state index is 13.8. The van der Waals surface area contributed by atoms with E-state index in [-0.39, 0.29) is 24.1 Å². The molecule has 0 aliphatic carbocycles. The van der Waals surface area contributed by atoms with Gasteiger partial charge in [0.25, 0.3) is 0 Å². The van der Waals surface area contributed by atoms with Crippen LogP contribution in [0.3, 0.4) is 0 Å². The number of benzene rings is 2. The van der Waals surface area contributed by atoms with E-state index in [2.05, 4.69) is 10.6 Å². The van der Waals surface area contributed by atoms with Gasteiger partial charge in [0, 0.05) is 19.5 Å². The summed E-state index contributed by atoms with van der Waals surface area (Å²) in [6.45, 7) is 12.8. The van der Waals surface area contributed by atoms with Crippen LogP contribution >= 0.6 is 0 Å². The van der Waals surface area contributed by atoms with Crippen molar-refractivity contribution in [1.29, 1.82) is 0 Å². The minimum atomic E-state index is -1.01. The lowest BCUT2D eigenvalue weighted by atomic mass is 9.96. The fraction of sp³-hybridized carbons (Fsp3) is 0.464. The molecule has 0 bridgehead atoms. The fourth-order valence-corrected chi connectivity index (χ4v) is 3.91. The zero-order valence-electron chi connectivity index (χ0n) is 22.5. The number of nitrogens with zero attached hydrogens (tertiary/aromatic N) is 1. The lowest BCUT2D eigenvalue weighted by Crippen LogP contribution is -2.53. The first-order valence-corrected chi connectivity index (χ1v) is 12.1. The molecule has 0 fully saturated rings. The topological polar surface area (TPSA) is 108 Å². The van der Waals surface area contributed by atoms with Crippen molar-refractivity contribution in [2.45, 2.75) is 78.6 Å². The Kier molecular flexibility index (Phi) is 9.50. The maximum absolute atomic E-state index is 13.8. The first-order chi connectivity index (χ1) is 16.7. The number of amides is 3. The first kappa shape index (κ1) is 28.7. The predicted octanol–water partition coefficient (Wildman–Crippen LogP) is 4.17. The zero-order chi connectivity index (χ0) is 27.2. The normalized spacial score (nSPS) is 13.0. The summed E-state index contributed by atoms with van der Waals surface area (Å²) in [6, 6.07) is 10.1. The Hall–Kier alpha value is -3.55. The van der Waals surface area contributed by atoms with Crippen LogP contribution in [0.2, 0.25) is 0 Å². The molecule has 3 N–H and O–H groups in total. The van der Waals surface area contributed by atoms with Crippen LogP contribution in [0.15, 0.2) is 42.5 Å². The van der Waals surface area contributed by atoms with Gasteiger partial charge in [-0.05, 0) is 77.3 Å². The van der Waals surface area contributed by atoms with Crippen molar-refractivity contribution in [3.63, 3.8) is 0 Å². The summed E-state index contributed by atoms with van der Waals surface area (Å²) >= 11 is 0. The van der Waals surface area contributed by atoms with Gasteiger partial charge in [-0.2, -0.15) is 0 Å². The molecular formula is C28H39N3O5. The number of phenols is 1. The van der Waals surface area contributed by atoms with Gasteiger partial charge in [0.2, 0.25) is 11.8 Å². The molecule has 0 heterocycles. The molecule has 0 spiro atoms. The van der Waals surface area contributed by atoms with E-state index in [1.165, 1.54) is 17.0 Å². The van der Waals surface area contributed by atoms with Crippen molar-refractivity contribution >= 4 is 17.9 Å². The second kappa shape index (κ2) is 11.9. The monoisotopic (exact) mass is 497 g/mol. The third-order valence-electron chi connectivity index (χ3n) is 5.50. The van der Waals surface area contributed by atoms with Crippen LogP contribution in [0.25, 0.3) is 0 Å². The molecule has 0 aliphatic rings. The number of alkyl carbamates (subject to hydrolysis) is 1. The average Bonchev–Trinajstić information content (AvgIpc) is 2.74. The van der Waals surface area contributed by atoms with Gasteiger partial charge >= 0.3 is 6.09 Å². The Labute approximate surface area is 214 Å². The number of ether oxygens (including phenoxy) is 1. The van der Waals surface area contributed by atoms with Gasteiger partial charge in [-0.25, -0.2) is 4.79 Å². The van der Waals surface area contributed by atoms with Gasteiger partial charge in [0.15, 0.2) is 0 Å². The molecule has 0 aliphatic heterocycles. The number of hydrogen-bond donors (Lipinski definition) is 3. The first-order valence-electron chi connectivity index (χ1n) is 12.1. The Balaban J connectivity index is 2.45. The van der Waals surface area contributed by atoms with Gasteiger partial charge in [-0.3, -0.25) is 9.59 Å². The van der Waals surface area contributed by atoms with Gasteiger partial charge in [0.1, 0.15) is 23.4 Å². The molecule has 196 valence electrons. The van der Waals surface area contributed by atoms with Crippen molar-refractivity contribution in [1.82, 2.24) is 15.5 Å². The highest BCUT2D eigenvalue weighted by Gasteiger charge is 2.35. The summed E-state index contributed by atoms with van der Waals surface area (Å²) in [5, 5.41) is 15.2. The number of aryl methyl sites for hydroxylation is 2. The zero-order valence-corrected chi connectivity index (χ0v) is 22.5. The molecule has 0 radical (unpaired) electrons. The van der Waals surface area contributed by atoms with Crippen molar-refractivity contribution in [3.8, 4) is 5.75 Å². The quantitative estimate of drug-likeness (QED) is 0.507. The number of aromatic hydroxyl groups is 1. The van der Waals surface area contributed by atoms with Crippen LogP contribution in [0.1, 0.15) is 62.9 Å². The summed E-state index contributed by atoms with van der Waals surface area (Å²) in [4.78, 5) is 41.1. The molecule has 36 heavy (non-hydrogen) atoms. The Morgan fingerprint density at radius 1 is 1.00 bits per heavy atom. The van der Waals surface area contributed by atoms with Crippen LogP contribution in [-0.2, 0) is 20.7 Å². The van der Waals surface area contributed by atoms with Gasteiger partial charge in [-0.1, -0.05) is 35.9 Å². The van der Waals surface area contributed by atoms with Gasteiger partial charge in [-0.15, -0.1) is 0 Å². The minimum Gasteiger partial charge on any atom is -0.508 e. The van der Waals surface area contributed by atoms with Crippen LogP contribution < -0.4 is 10.6 Å². The Morgan fingerprint density at radius 2 is 1.61 bits per heavy atom. The highest BCUT2D eigenvalue weighted by molar-refractivity contribution is 5.92. The van der Waals surface area contributed by atoms with E-state index in [4.69, 9.17) is 4.74 Å². The molecule has 8 nitrogen and oxygen atoms in total. The molecule has 0 saturated carbocycles. The summed E-state index contributed by atoms with van der Waals surface area (Å²) in [7, 11) is 1.56. The molecule has 2 atom stereocenters. The van der Waals surface area contributed by atoms with E-state index in [9.17, 15) is 19.5 Å². The maximum Gasteiger partial charge on any atom is 0.408 e. The van der Waals surface area contributed by atoms with Crippen LogP contribution in [0.4, 0.5) is 4.79 Å². The van der Waals surface area contributed by atoms with E-state index in [1.807, 2.05) is 45.9 Å². The molecule has 2 aromatic rings. The summed E-state index contributed by atoms with van der Waals surface area (Å²) in [5.74, 6) is -0.662. The second-order valence-corrected chi connectivity index (χ2v) is 10.4. The predicted molar refractivity (Wildman–Crippen MR) is 140 cm³/mol. The lowest BCUT2D eigenvalue weighted by Gasteiger charge is -2.33. The van der Waals surface area contributed by atoms with Gasteiger partial charge < -0.3 is 25.4 Å². The molecule has 0 saturated heterocycles. The molecule has 2 aromatic carbocycles.